The van der Waals surface area contributed by atoms with E-state index >= 15 is 4.39 Å². The number of hydrogen-bond acceptors (Lipinski definition) is 7. The summed E-state index contributed by atoms with van der Waals surface area (Å²) < 4.78 is 63.0. The molecule has 2 heterocycles. The predicted octanol–water partition coefficient (Wildman–Crippen LogP) is 5.10. The number of benzene rings is 3. The van der Waals surface area contributed by atoms with Crippen LogP contribution in [0.2, 0.25) is 5.02 Å². The fraction of sp³-hybridized carbons (Fsp3) is 0.265. The Morgan fingerprint density at radius 1 is 1.04 bits per heavy atom. The number of nitrogens with zero attached hydrogens (tertiary/aromatic N) is 2. The van der Waals surface area contributed by atoms with Gasteiger partial charge in [-0.3, -0.25) is 9.78 Å². The number of halogens is 3. The molecule has 0 saturated carbocycles. The van der Waals surface area contributed by atoms with Gasteiger partial charge in [0.2, 0.25) is 15.9 Å². The Morgan fingerprint density at radius 2 is 1.79 bits per heavy atom. The van der Waals surface area contributed by atoms with Gasteiger partial charge < -0.3 is 20.7 Å². The first-order valence-corrected chi connectivity index (χ1v) is 17.0. The predicted molar refractivity (Wildman–Crippen MR) is 177 cm³/mol. The minimum absolute atomic E-state index is 0.0343. The molecule has 3 aromatic carbocycles. The average molecular weight is 698 g/mol. The lowest BCUT2D eigenvalue weighted by Crippen LogP contribution is -2.53. The molecule has 252 valence electrons. The Kier molecular flexibility index (Phi) is 11.4. The highest BCUT2D eigenvalue weighted by Crippen LogP contribution is 2.32. The van der Waals surface area contributed by atoms with Gasteiger partial charge in [-0.05, 0) is 60.4 Å². The van der Waals surface area contributed by atoms with E-state index in [1.807, 2.05) is 0 Å². The van der Waals surface area contributed by atoms with E-state index in [1.165, 1.54) is 40.8 Å². The number of amides is 2. The van der Waals surface area contributed by atoms with Gasteiger partial charge >= 0.3 is 6.09 Å². The van der Waals surface area contributed by atoms with Crippen LogP contribution in [0.5, 0.6) is 0 Å². The van der Waals surface area contributed by atoms with Crippen molar-refractivity contribution in [3.05, 3.63) is 125 Å². The highest BCUT2D eigenvalue weighted by atomic mass is 35.5. The molecule has 0 spiro atoms. The molecule has 2 amide bonds. The summed E-state index contributed by atoms with van der Waals surface area (Å²) in [6.07, 6.45) is 1.64. The first-order chi connectivity index (χ1) is 23.1. The van der Waals surface area contributed by atoms with Gasteiger partial charge in [-0.15, -0.1) is 0 Å². The second-order valence-corrected chi connectivity index (χ2v) is 13.5. The van der Waals surface area contributed by atoms with Crippen LogP contribution in [-0.4, -0.2) is 68.5 Å². The molecule has 3 N–H and O–H groups in total. The highest BCUT2D eigenvalue weighted by molar-refractivity contribution is 7.89. The van der Waals surface area contributed by atoms with Crippen LogP contribution < -0.4 is 16.0 Å². The van der Waals surface area contributed by atoms with Gasteiger partial charge in [-0.25, -0.2) is 22.0 Å². The normalized spacial score (nSPS) is 16.5. The number of rotatable bonds is 11. The third-order valence-corrected chi connectivity index (χ3v) is 10.4. The number of hydrogen-bond donors (Lipinski definition) is 3. The fourth-order valence-corrected chi connectivity index (χ4v) is 7.61. The van der Waals surface area contributed by atoms with Crippen LogP contribution >= 0.6 is 11.6 Å². The molecule has 48 heavy (non-hydrogen) atoms. The van der Waals surface area contributed by atoms with E-state index in [0.29, 0.717) is 29.2 Å². The van der Waals surface area contributed by atoms with Gasteiger partial charge in [0.1, 0.15) is 17.7 Å². The topological polar surface area (TPSA) is 130 Å². The monoisotopic (exact) mass is 697 g/mol. The van der Waals surface area contributed by atoms with Crippen molar-refractivity contribution in [1.29, 1.82) is 0 Å². The number of nitrogens with one attached hydrogen (secondary N) is 3. The summed E-state index contributed by atoms with van der Waals surface area (Å²) in [5.74, 6) is -2.94. The van der Waals surface area contributed by atoms with Crippen LogP contribution in [0.15, 0.2) is 96.2 Å². The fourth-order valence-electron chi connectivity index (χ4n) is 5.81. The molecule has 1 fully saturated rings. The second kappa shape index (κ2) is 15.6. The summed E-state index contributed by atoms with van der Waals surface area (Å²) in [5.41, 5.74) is 1.04. The van der Waals surface area contributed by atoms with E-state index in [4.69, 9.17) is 16.3 Å². The van der Waals surface area contributed by atoms with E-state index in [1.54, 1.807) is 48.5 Å². The smallest absolute Gasteiger partial charge is 0.407 e. The number of pyridine rings is 1. The summed E-state index contributed by atoms with van der Waals surface area (Å²) in [5, 5.41) is 8.89. The van der Waals surface area contributed by atoms with E-state index in [2.05, 4.69) is 20.9 Å². The molecule has 3 atom stereocenters. The Bertz CT molecular complexity index is 1850. The number of carbonyl (C=O) groups excluding carboxylic acids is 2. The second-order valence-electron chi connectivity index (χ2n) is 11.2. The van der Waals surface area contributed by atoms with Gasteiger partial charge in [0.05, 0.1) is 30.1 Å². The Hall–Kier alpha value is -4.43. The molecule has 1 aliphatic rings. The molecule has 0 bridgehead atoms. The van der Waals surface area contributed by atoms with E-state index < -0.39 is 51.7 Å². The van der Waals surface area contributed by atoms with E-state index in [-0.39, 0.29) is 35.5 Å². The summed E-state index contributed by atoms with van der Waals surface area (Å²) in [7, 11) is -2.68. The zero-order chi connectivity index (χ0) is 34.3. The first-order valence-electron chi connectivity index (χ1n) is 15.1. The van der Waals surface area contributed by atoms with Crippen LogP contribution in [0.25, 0.3) is 0 Å². The Morgan fingerprint density at radius 3 is 2.50 bits per heavy atom. The van der Waals surface area contributed by atoms with Crippen molar-refractivity contribution < 1.29 is 31.5 Å². The maximum absolute atomic E-state index is 15.4. The molecular formula is C34H34ClF2N5O5S. The lowest BCUT2D eigenvalue weighted by molar-refractivity contribution is -0.118. The quantitative estimate of drug-likeness (QED) is 0.199. The number of sulfonamides is 1. The third-order valence-electron chi connectivity index (χ3n) is 8.15. The van der Waals surface area contributed by atoms with E-state index in [0.717, 1.165) is 13.3 Å². The highest BCUT2D eigenvalue weighted by Gasteiger charge is 2.35. The molecule has 4 aromatic rings. The first kappa shape index (κ1) is 34.9. The summed E-state index contributed by atoms with van der Waals surface area (Å²) >= 11 is 6.12. The summed E-state index contributed by atoms with van der Waals surface area (Å²) in [4.78, 5) is 30.7. The maximum Gasteiger partial charge on any atom is 0.407 e. The van der Waals surface area contributed by atoms with Crippen LogP contribution in [-0.2, 0) is 26.0 Å². The van der Waals surface area contributed by atoms with Crippen LogP contribution in [0.1, 0.15) is 29.0 Å². The number of piperazine rings is 1. The number of anilines is 1. The summed E-state index contributed by atoms with van der Waals surface area (Å²) in [6, 6.07) is 18.3. The molecule has 1 aromatic heterocycles. The van der Waals surface area contributed by atoms with Crippen LogP contribution in [0.3, 0.4) is 0 Å². The minimum Gasteiger partial charge on any atom is -0.453 e. The molecule has 1 unspecified atom stereocenters. The zero-order valence-corrected chi connectivity index (χ0v) is 27.5. The van der Waals surface area contributed by atoms with Crippen LogP contribution in [0, 0.1) is 11.6 Å². The number of alkyl carbamates (subject to hydrolysis) is 1. The standard InChI is InChI=1S/C34H34ClF2N5O5S/c1-47-34(44)41-32(31(22-10-12-24(35)13-11-22)23-6-5-7-25(36)18-23)33(43)40-30-21-39-20-29(37)28(30)15-14-26-19-38-16-17-42(26)48(45,46)27-8-3-2-4-9-27/h2-13,18,20-21,26,31-32,38H,14-17,19H2,1H3,(H,40,43)(H,41,44)/t26-,31?,32-/m0/s1. The van der Waals surface area contributed by atoms with Gasteiger partial charge in [-0.1, -0.05) is 54.1 Å². The van der Waals surface area contributed by atoms with Crippen molar-refractivity contribution >= 4 is 39.3 Å². The lowest BCUT2D eigenvalue weighted by atomic mass is 9.84. The summed E-state index contributed by atoms with van der Waals surface area (Å²) in [6.45, 7) is 1.04. The molecular weight excluding hydrogens is 664 g/mol. The molecule has 1 saturated heterocycles. The van der Waals surface area contributed by atoms with Crippen molar-refractivity contribution in [2.45, 2.75) is 35.7 Å². The van der Waals surface area contributed by atoms with Gasteiger partial charge in [0, 0.05) is 42.2 Å². The Balaban J connectivity index is 1.44. The largest absolute Gasteiger partial charge is 0.453 e. The van der Waals surface area contributed by atoms with Crippen molar-refractivity contribution in [2.24, 2.45) is 0 Å². The van der Waals surface area contributed by atoms with Gasteiger partial charge in [0.25, 0.3) is 0 Å². The molecule has 14 heteroatoms. The molecule has 1 aliphatic heterocycles. The maximum atomic E-state index is 15.4. The zero-order valence-electron chi connectivity index (χ0n) is 25.9. The van der Waals surface area contributed by atoms with Gasteiger partial charge in [-0.2, -0.15) is 4.31 Å². The van der Waals surface area contributed by atoms with Crippen molar-refractivity contribution in [3.63, 3.8) is 0 Å². The van der Waals surface area contributed by atoms with Gasteiger partial charge in [0.15, 0.2) is 0 Å². The molecule has 10 nitrogen and oxygen atoms in total. The molecule has 0 aliphatic carbocycles. The number of aromatic nitrogens is 1. The lowest BCUT2D eigenvalue weighted by Gasteiger charge is -2.35. The van der Waals surface area contributed by atoms with Crippen molar-refractivity contribution in [2.75, 3.05) is 32.1 Å². The van der Waals surface area contributed by atoms with Crippen molar-refractivity contribution in [1.82, 2.24) is 19.9 Å². The average Bonchev–Trinajstić information content (AvgIpc) is 3.09. The SMILES string of the molecule is COC(=O)N[C@H](C(=O)Nc1cncc(F)c1CC[C@H]1CNCCN1S(=O)(=O)c1ccccc1)C(c1ccc(Cl)cc1)c1cccc(F)c1. The molecule has 5 rings (SSSR count). The Labute approximate surface area is 282 Å². The van der Waals surface area contributed by atoms with E-state index in [9.17, 15) is 22.4 Å². The minimum atomic E-state index is -3.82. The van der Waals surface area contributed by atoms with Crippen LogP contribution in [0.4, 0.5) is 19.3 Å². The molecule has 0 radical (unpaired) electrons. The number of ether oxygens (including phenoxy) is 1. The number of methoxy groups -OCH3 is 1. The third kappa shape index (κ3) is 8.16. The number of carbonyl (C=O) groups is 2. The van der Waals surface area contributed by atoms with Crippen molar-refractivity contribution in [3.8, 4) is 0 Å².